The van der Waals surface area contributed by atoms with Crippen LogP contribution in [0.15, 0.2) is 10.5 Å². The van der Waals surface area contributed by atoms with Crippen molar-refractivity contribution in [1.29, 1.82) is 0 Å². The van der Waals surface area contributed by atoms with Crippen LogP contribution in [-0.4, -0.2) is 18.0 Å². The molecule has 1 rings (SSSR count). The summed E-state index contributed by atoms with van der Waals surface area (Å²) in [5.41, 5.74) is 6.28. The van der Waals surface area contributed by atoms with Crippen LogP contribution >= 0.6 is 0 Å². The summed E-state index contributed by atoms with van der Waals surface area (Å²) in [6.07, 6.45) is 0.765. The van der Waals surface area contributed by atoms with Gasteiger partial charge in [0.2, 0.25) is 0 Å². The van der Waals surface area contributed by atoms with Crippen molar-refractivity contribution in [2.24, 2.45) is 5.73 Å². The van der Waals surface area contributed by atoms with Crippen molar-refractivity contribution < 1.29 is 9.21 Å². The molecule has 0 aromatic carbocycles. The highest BCUT2D eigenvalue weighted by Gasteiger charge is 2.15. The van der Waals surface area contributed by atoms with E-state index in [9.17, 15) is 4.79 Å². The van der Waals surface area contributed by atoms with Gasteiger partial charge < -0.3 is 15.5 Å². The molecule has 4 nitrogen and oxygen atoms in total. The lowest BCUT2D eigenvalue weighted by Gasteiger charge is -2.15. The molecule has 1 heterocycles. The number of carbonyl (C=O) groups is 1. The number of aryl methyl sites for hydroxylation is 2. The second-order valence-corrected chi connectivity index (χ2v) is 4.41. The van der Waals surface area contributed by atoms with Crippen LogP contribution in [0.5, 0.6) is 0 Å². The highest BCUT2D eigenvalue weighted by atomic mass is 16.3. The lowest BCUT2D eigenvalue weighted by Crippen LogP contribution is -2.36. The third kappa shape index (κ3) is 3.38. The molecule has 0 bridgehead atoms. The minimum atomic E-state index is -0.0949. The van der Waals surface area contributed by atoms with E-state index in [1.165, 1.54) is 0 Å². The number of nitrogens with one attached hydrogen (secondary N) is 1. The van der Waals surface area contributed by atoms with Gasteiger partial charge in [-0.05, 0) is 40.2 Å². The van der Waals surface area contributed by atoms with Crippen molar-refractivity contribution in [2.45, 2.75) is 46.2 Å². The maximum absolute atomic E-state index is 11.9. The number of amides is 1. The highest BCUT2D eigenvalue weighted by molar-refractivity contribution is 5.95. The average Bonchev–Trinajstić information content (AvgIpc) is 2.43. The zero-order valence-corrected chi connectivity index (χ0v) is 10.3. The van der Waals surface area contributed by atoms with Crippen molar-refractivity contribution in [1.82, 2.24) is 5.32 Å². The van der Waals surface area contributed by atoms with E-state index in [0.29, 0.717) is 11.3 Å². The first-order valence-corrected chi connectivity index (χ1v) is 5.53. The van der Waals surface area contributed by atoms with Gasteiger partial charge in [0, 0.05) is 12.1 Å². The lowest BCUT2D eigenvalue weighted by atomic mass is 10.1. The Labute approximate surface area is 96.2 Å². The quantitative estimate of drug-likeness (QED) is 0.818. The third-order valence-corrected chi connectivity index (χ3v) is 2.39. The molecule has 0 spiro atoms. The number of furan rings is 1. The molecule has 1 aromatic rings. The van der Waals surface area contributed by atoms with Crippen LogP contribution in [0.25, 0.3) is 0 Å². The molecule has 1 amide bonds. The van der Waals surface area contributed by atoms with E-state index >= 15 is 0 Å². The van der Waals surface area contributed by atoms with Crippen molar-refractivity contribution in [3.8, 4) is 0 Å². The monoisotopic (exact) mass is 224 g/mol. The molecule has 4 heteroatoms. The van der Waals surface area contributed by atoms with Crippen LogP contribution in [0.4, 0.5) is 0 Å². The Morgan fingerprint density at radius 1 is 1.50 bits per heavy atom. The Hall–Kier alpha value is -1.29. The molecule has 1 aromatic heterocycles. The van der Waals surface area contributed by atoms with Gasteiger partial charge in [0.25, 0.3) is 5.91 Å². The summed E-state index contributed by atoms with van der Waals surface area (Å²) < 4.78 is 5.31. The summed E-state index contributed by atoms with van der Waals surface area (Å²) in [4.78, 5) is 11.9. The Morgan fingerprint density at radius 3 is 2.56 bits per heavy atom. The van der Waals surface area contributed by atoms with E-state index in [1.807, 2.05) is 20.8 Å². The van der Waals surface area contributed by atoms with Gasteiger partial charge in [0.15, 0.2) is 0 Å². The first-order valence-electron chi connectivity index (χ1n) is 5.53. The van der Waals surface area contributed by atoms with Gasteiger partial charge in [0.05, 0.1) is 5.56 Å². The van der Waals surface area contributed by atoms with Crippen molar-refractivity contribution in [2.75, 3.05) is 0 Å². The normalized spacial score (nSPS) is 14.6. The van der Waals surface area contributed by atoms with E-state index < -0.39 is 0 Å². The van der Waals surface area contributed by atoms with Crippen molar-refractivity contribution in [3.63, 3.8) is 0 Å². The van der Waals surface area contributed by atoms with Crippen LogP contribution in [0.1, 0.15) is 42.1 Å². The molecule has 0 aliphatic carbocycles. The summed E-state index contributed by atoms with van der Waals surface area (Å²) in [7, 11) is 0. The van der Waals surface area contributed by atoms with Gasteiger partial charge in [-0.25, -0.2) is 0 Å². The van der Waals surface area contributed by atoms with Crippen molar-refractivity contribution >= 4 is 5.91 Å². The number of rotatable bonds is 4. The second kappa shape index (κ2) is 5.16. The minimum Gasteiger partial charge on any atom is -0.466 e. The van der Waals surface area contributed by atoms with E-state index in [4.69, 9.17) is 10.2 Å². The molecule has 2 unspecified atom stereocenters. The second-order valence-electron chi connectivity index (χ2n) is 4.41. The number of hydrogen-bond donors (Lipinski definition) is 2. The fourth-order valence-corrected chi connectivity index (χ4v) is 1.77. The van der Waals surface area contributed by atoms with Gasteiger partial charge in [-0.3, -0.25) is 4.79 Å². The average molecular weight is 224 g/mol. The molecule has 90 valence electrons. The van der Waals surface area contributed by atoms with Crippen molar-refractivity contribution in [3.05, 3.63) is 23.2 Å². The highest BCUT2D eigenvalue weighted by Crippen LogP contribution is 2.13. The standard InChI is InChI=1S/C12H20N2O2/c1-7(13)5-8(2)14-12(15)11-6-9(3)16-10(11)4/h6-8H,5,13H2,1-4H3,(H,14,15). The summed E-state index contributed by atoms with van der Waals surface area (Å²) in [5.74, 6) is 1.31. The van der Waals surface area contributed by atoms with Crippen LogP contribution < -0.4 is 11.1 Å². The minimum absolute atomic E-state index is 0.0714. The molecule has 2 atom stereocenters. The summed E-state index contributed by atoms with van der Waals surface area (Å²) in [5, 5.41) is 2.90. The topological polar surface area (TPSA) is 68.3 Å². The van der Waals surface area contributed by atoms with Gasteiger partial charge in [0.1, 0.15) is 11.5 Å². The smallest absolute Gasteiger partial charge is 0.255 e. The molecular formula is C12H20N2O2. The number of hydrogen-bond acceptors (Lipinski definition) is 3. The zero-order valence-electron chi connectivity index (χ0n) is 10.3. The van der Waals surface area contributed by atoms with E-state index in [-0.39, 0.29) is 18.0 Å². The molecular weight excluding hydrogens is 204 g/mol. The summed E-state index contributed by atoms with van der Waals surface area (Å²) in [6.45, 7) is 7.49. The van der Waals surface area contributed by atoms with E-state index in [2.05, 4.69) is 5.32 Å². The third-order valence-electron chi connectivity index (χ3n) is 2.39. The van der Waals surface area contributed by atoms with Gasteiger partial charge in [-0.15, -0.1) is 0 Å². The molecule has 0 aliphatic rings. The first-order chi connectivity index (χ1) is 7.40. The Morgan fingerprint density at radius 2 is 2.12 bits per heavy atom. The largest absolute Gasteiger partial charge is 0.466 e. The fraction of sp³-hybridized carbons (Fsp3) is 0.583. The van der Waals surface area contributed by atoms with E-state index in [0.717, 1.165) is 12.2 Å². The van der Waals surface area contributed by atoms with Crippen LogP contribution in [-0.2, 0) is 0 Å². The van der Waals surface area contributed by atoms with Crippen LogP contribution in [0.2, 0.25) is 0 Å². The predicted octanol–water partition coefficient (Wildman–Crippen LogP) is 1.75. The molecule has 0 saturated heterocycles. The Kier molecular flexibility index (Phi) is 4.12. The Balaban J connectivity index is 2.62. The lowest BCUT2D eigenvalue weighted by molar-refractivity contribution is 0.0936. The van der Waals surface area contributed by atoms with Crippen LogP contribution in [0, 0.1) is 13.8 Å². The van der Waals surface area contributed by atoms with E-state index in [1.54, 1.807) is 13.0 Å². The maximum atomic E-state index is 11.9. The van der Waals surface area contributed by atoms with Crippen LogP contribution in [0.3, 0.4) is 0 Å². The number of carbonyl (C=O) groups excluding carboxylic acids is 1. The maximum Gasteiger partial charge on any atom is 0.255 e. The summed E-state index contributed by atoms with van der Waals surface area (Å²) in [6, 6.07) is 1.91. The van der Waals surface area contributed by atoms with Gasteiger partial charge in [-0.1, -0.05) is 0 Å². The first kappa shape index (κ1) is 12.8. The molecule has 0 aliphatic heterocycles. The van der Waals surface area contributed by atoms with Gasteiger partial charge in [-0.2, -0.15) is 0 Å². The molecule has 3 N–H and O–H groups in total. The number of nitrogens with two attached hydrogens (primary N) is 1. The predicted molar refractivity (Wildman–Crippen MR) is 63.4 cm³/mol. The molecule has 0 fully saturated rings. The molecule has 0 radical (unpaired) electrons. The molecule has 0 saturated carbocycles. The Bertz CT molecular complexity index is 369. The molecule has 16 heavy (non-hydrogen) atoms. The summed E-state index contributed by atoms with van der Waals surface area (Å²) >= 11 is 0. The SMILES string of the molecule is Cc1cc(C(=O)NC(C)CC(C)N)c(C)o1. The van der Waals surface area contributed by atoms with Gasteiger partial charge >= 0.3 is 0 Å². The fourth-order valence-electron chi connectivity index (χ4n) is 1.77. The zero-order chi connectivity index (χ0) is 12.3.